The molecule has 15 nitrogen and oxygen atoms in total. The first-order valence-electron chi connectivity index (χ1n) is 21.5. The summed E-state index contributed by atoms with van der Waals surface area (Å²) in [5.41, 5.74) is -8.31. The van der Waals surface area contributed by atoms with Gasteiger partial charge in [-0.3, -0.25) is 14.4 Å². The maximum absolute atomic E-state index is 14.5. The van der Waals surface area contributed by atoms with E-state index in [1.807, 2.05) is 6.08 Å². The summed E-state index contributed by atoms with van der Waals surface area (Å²) in [5.74, 6) is -4.11. The van der Waals surface area contributed by atoms with Gasteiger partial charge in [-0.2, -0.15) is 0 Å². The van der Waals surface area contributed by atoms with E-state index in [4.69, 9.17) is 23.7 Å². The number of allylic oxidation sites excluding steroid dienone is 3. The molecule has 3 aliphatic carbocycles. The molecule has 0 aromatic heterocycles. The molecule has 2 fully saturated rings. The molecule has 2 aromatic carbocycles. The van der Waals surface area contributed by atoms with Crippen molar-refractivity contribution in [1.29, 1.82) is 0 Å². The highest BCUT2D eigenvalue weighted by molar-refractivity contribution is 5.95. The first-order valence-corrected chi connectivity index (χ1v) is 21.5. The lowest BCUT2D eigenvalue weighted by Crippen LogP contribution is -2.84. The van der Waals surface area contributed by atoms with Gasteiger partial charge < -0.3 is 49.1 Å². The zero-order chi connectivity index (χ0) is 47.0. The minimum atomic E-state index is -2.45. The number of carbonyl (C=O) groups is 6. The van der Waals surface area contributed by atoms with E-state index >= 15 is 0 Å². The van der Waals surface area contributed by atoms with Crippen LogP contribution in [0.4, 0.5) is 0 Å². The molecule has 1 saturated heterocycles. The van der Waals surface area contributed by atoms with Crippen molar-refractivity contribution >= 4 is 36.1 Å². The van der Waals surface area contributed by atoms with E-state index in [2.05, 4.69) is 5.32 Å². The summed E-state index contributed by atoms with van der Waals surface area (Å²) in [6.45, 7) is 11.4. The van der Waals surface area contributed by atoms with Crippen LogP contribution in [0, 0.1) is 16.2 Å². The highest BCUT2D eigenvalue weighted by Gasteiger charge is 2.81. The lowest BCUT2D eigenvalue weighted by Gasteiger charge is -2.70. The van der Waals surface area contributed by atoms with Crippen molar-refractivity contribution in [3.05, 3.63) is 107 Å². The molecule has 6 rings (SSSR count). The molecular weight excluding hydrogens is 827 g/mol. The van der Waals surface area contributed by atoms with Crippen molar-refractivity contribution in [2.75, 3.05) is 6.61 Å². The van der Waals surface area contributed by atoms with Gasteiger partial charge in [-0.15, -0.1) is 0 Å². The van der Waals surface area contributed by atoms with Gasteiger partial charge in [0.25, 0.3) is 5.91 Å². The summed E-state index contributed by atoms with van der Waals surface area (Å²) in [6.07, 6.45) is -3.29. The Balaban J connectivity index is 1.53. The normalized spacial score (nSPS) is 31.3. The highest BCUT2D eigenvalue weighted by Crippen LogP contribution is 2.67. The van der Waals surface area contributed by atoms with E-state index < -0.39 is 106 Å². The number of benzene rings is 2. The molecule has 11 atom stereocenters. The lowest BCUT2D eigenvalue weighted by atomic mass is 9.42. The van der Waals surface area contributed by atoms with Gasteiger partial charge in [0.1, 0.15) is 36.3 Å². The maximum Gasteiger partial charge on any atom is 0.338 e. The Morgan fingerprint density at radius 2 is 1.58 bits per heavy atom. The topological polar surface area (TPSA) is 221 Å². The molecule has 64 heavy (non-hydrogen) atoms. The molecular formula is C49H59NO14. The zero-order valence-corrected chi connectivity index (χ0v) is 37.5. The van der Waals surface area contributed by atoms with Gasteiger partial charge in [-0.1, -0.05) is 87.5 Å². The molecule has 0 radical (unpaired) electrons. The summed E-state index contributed by atoms with van der Waals surface area (Å²) in [5, 5.41) is 40.5. The van der Waals surface area contributed by atoms with Gasteiger partial charge in [0.15, 0.2) is 11.7 Å². The van der Waals surface area contributed by atoms with E-state index in [0.717, 1.165) is 0 Å². The van der Waals surface area contributed by atoms with Crippen LogP contribution in [0.1, 0.15) is 103 Å². The van der Waals surface area contributed by atoms with Gasteiger partial charge in [-0.05, 0) is 62.5 Å². The standard InChI is InChI=1S/C49H59NO14/c1-28-35(62-43(58)40(55)39(32-18-12-9-13-19-32)50-41(56)33-20-14-10-15-21-33)25-48(59,45(5,6)38(28)29(2)61-30(3)52)44(63-42(57)34-22-16-11-17-23-34)47(8)46(7,26-51)36(54)24-37-49(47,27-60-37)64-31(4)53/h9-16,18-22,26,29,35-37,39-40,44,54-55,59H,17,23-25,27H2,1-8H3,(H,50,56)/t29-,35-,36-,37+,39-,40+,44-,46+,47?,48+,49-/m0/s1. The molecule has 0 spiro atoms. The number of hydrogen-bond acceptors (Lipinski definition) is 14. The van der Waals surface area contributed by atoms with Crippen molar-refractivity contribution in [1.82, 2.24) is 5.32 Å². The third-order valence-electron chi connectivity index (χ3n) is 14.4. The fourth-order valence-corrected chi connectivity index (χ4v) is 10.6. The Bertz CT molecular complexity index is 2240. The van der Waals surface area contributed by atoms with E-state index in [-0.39, 0.29) is 36.2 Å². The van der Waals surface area contributed by atoms with E-state index in [1.165, 1.54) is 27.7 Å². The van der Waals surface area contributed by atoms with Gasteiger partial charge in [0.2, 0.25) is 0 Å². The van der Waals surface area contributed by atoms with Crippen molar-refractivity contribution in [3.63, 3.8) is 0 Å². The summed E-state index contributed by atoms with van der Waals surface area (Å²) in [4.78, 5) is 81.8. The third-order valence-corrected chi connectivity index (χ3v) is 14.4. The second kappa shape index (κ2) is 18.2. The van der Waals surface area contributed by atoms with E-state index in [9.17, 15) is 44.1 Å². The molecule has 1 heterocycles. The Morgan fingerprint density at radius 3 is 2.12 bits per heavy atom. The first kappa shape index (κ1) is 48.0. The predicted octanol–water partition coefficient (Wildman–Crippen LogP) is 4.72. The number of rotatable bonds is 14. The number of aldehydes is 1. The predicted molar refractivity (Wildman–Crippen MR) is 230 cm³/mol. The van der Waals surface area contributed by atoms with Crippen LogP contribution in [-0.4, -0.2) is 106 Å². The molecule has 4 aliphatic rings. The second-order valence-corrected chi connectivity index (χ2v) is 18.3. The summed E-state index contributed by atoms with van der Waals surface area (Å²) in [6, 6.07) is 15.2. The summed E-state index contributed by atoms with van der Waals surface area (Å²) in [7, 11) is 0. The van der Waals surface area contributed by atoms with Crippen molar-refractivity contribution in [2.24, 2.45) is 16.2 Å². The van der Waals surface area contributed by atoms with Gasteiger partial charge in [0, 0.05) is 43.2 Å². The van der Waals surface area contributed by atoms with Gasteiger partial charge in [-0.25, -0.2) is 9.59 Å². The molecule has 0 bridgehead atoms. The van der Waals surface area contributed by atoms with E-state index in [1.54, 1.807) is 101 Å². The molecule has 4 N–H and O–H groups in total. The van der Waals surface area contributed by atoms with Crippen LogP contribution in [0.3, 0.4) is 0 Å². The third kappa shape index (κ3) is 8.12. The minimum Gasteiger partial charge on any atom is -0.458 e. The fraction of sp³-hybridized carbons (Fsp3) is 0.510. The van der Waals surface area contributed by atoms with Crippen molar-refractivity contribution < 1.29 is 67.8 Å². The number of ether oxygens (including phenoxy) is 5. The van der Waals surface area contributed by atoms with E-state index in [0.29, 0.717) is 23.8 Å². The van der Waals surface area contributed by atoms with Crippen LogP contribution >= 0.6 is 0 Å². The number of aliphatic hydroxyl groups is 3. The number of aliphatic hydroxyl groups excluding tert-OH is 2. The number of amides is 1. The number of fused-ring (bicyclic) bond motifs is 1. The van der Waals surface area contributed by atoms with Crippen LogP contribution in [0.15, 0.2) is 95.6 Å². The van der Waals surface area contributed by atoms with Crippen LogP contribution in [0.5, 0.6) is 0 Å². The molecule has 15 heteroatoms. The van der Waals surface area contributed by atoms with Crippen LogP contribution in [0.2, 0.25) is 0 Å². The largest absolute Gasteiger partial charge is 0.458 e. The Morgan fingerprint density at radius 1 is 0.938 bits per heavy atom. The average Bonchev–Trinajstić information content (AvgIpc) is 3.26. The molecule has 2 aromatic rings. The molecule has 1 aliphatic heterocycles. The molecule has 1 amide bonds. The van der Waals surface area contributed by atoms with Gasteiger partial charge in [0.05, 0.1) is 29.6 Å². The van der Waals surface area contributed by atoms with Crippen LogP contribution in [0.25, 0.3) is 0 Å². The Hall–Kier alpha value is -5.48. The highest BCUT2D eigenvalue weighted by atomic mass is 16.6. The molecule has 344 valence electrons. The lowest BCUT2D eigenvalue weighted by molar-refractivity contribution is -0.377. The van der Waals surface area contributed by atoms with Crippen molar-refractivity contribution in [2.45, 2.75) is 135 Å². The molecule has 1 saturated carbocycles. The zero-order valence-electron chi connectivity index (χ0n) is 37.5. The second-order valence-electron chi connectivity index (χ2n) is 18.3. The molecule has 1 unspecified atom stereocenters. The SMILES string of the molecule is CC(=O)O[C@@H](C)C1=C(C)[C@@H](OC(=O)[C@H](O)[C@@H](NC(=O)c2ccccc2)c2ccccc2)C[C@@](O)([C@@H](OC(=O)C2=CC=CCC2)C2(C)[C@]3(OC(C)=O)CO[C@@H]3C[C@H](O)[C@@]2(C)C=O)C1(C)C. The first-order chi connectivity index (χ1) is 30.1. The van der Waals surface area contributed by atoms with Crippen molar-refractivity contribution in [3.8, 4) is 0 Å². The number of hydrogen-bond donors (Lipinski definition) is 4. The fourth-order valence-electron chi connectivity index (χ4n) is 10.6. The smallest absolute Gasteiger partial charge is 0.338 e. The quantitative estimate of drug-likeness (QED) is 0.0873. The van der Waals surface area contributed by atoms with Crippen LogP contribution in [-0.2, 0) is 47.7 Å². The summed E-state index contributed by atoms with van der Waals surface area (Å²) < 4.78 is 30.6. The Kier molecular flexibility index (Phi) is 13.6. The maximum atomic E-state index is 14.5. The summed E-state index contributed by atoms with van der Waals surface area (Å²) >= 11 is 0. The monoisotopic (exact) mass is 885 g/mol. The number of carbonyl (C=O) groups excluding carboxylic acids is 6. The average molecular weight is 886 g/mol. The Labute approximate surface area is 372 Å². The number of esters is 4. The number of nitrogens with one attached hydrogen (secondary N) is 1. The van der Waals surface area contributed by atoms with Crippen LogP contribution < -0.4 is 5.32 Å². The van der Waals surface area contributed by atoms with Gasteiger partial charge >= 0.3 is 23.9 Å². The minimum absolute atomic E-state index is 0.147.